The van der Waals surface area contributed by atoms with E-state index >= 15 is 0 Å². The number of alkyl halides is 1. The lowest BCUT2D eigenvalue weighted by molar-refractivity contribution is 0.117. The summed E-state index contributed by atoms with van der Waals surface area (Å²) in [6.45, 7) is 2.50. The lowest BCUT2D eigenvalue weighted by Crippen LogP contribution is -2.18. The number of ether oxygens (including phenoxy) is 1. The fourth-order valence-electron chi connectivity index (χ4n) is 1.41. The molecule has 0 aliphatic carbocycles. The Morgan fingerprint density at radius 2 is 1.88 bits per heavy atom. The van der Waals surface area contributed by atoms with Crippen LogP contribution in [0.1, 0.15) is 18.4 Å². The van der Waals surface area contributed by atoms with Gasteiger partial charge in [0.1, 0.15) is 6.67 Å². The summed E-state index contributed by atoms with van der Waals surface area (Å²) in [6.07, 6.45) is 2.06. The van der Waals surface area contributed by atoms with Crippen LogP contribution in [0.15, 0.2) is 30.3 Å². The van der Waals surface area contributed by atoms with E-state index in [1.165, 1.54) is 5.56 Å². The molecule has 3 heteroatoms. The van der Waals surface area contributed by atoms with Gasteiger partial charge in [-0.1, -0.05) is 30.3 Å². The summed E-state index contributed by atoms with van der Waals surface area (Å²) in [5.41, 5.74) is 1.21. The Balaban J connectivity index is 1.89. The molecule has 0 heterocycles. The molecule has 0 amide bonds. The number of unbranched alkanes of at least 4 members (excludes halogenated alkanes) is 1. The summed E-state index contributed by atoms with van der Waals surface area (Å²) in [4.78, 5) is 0. The van der Waals surface area contributed by atoms with Crippen molar-refractivity contribution in [2.75, 3.05) is 26.4 Å². The second kappa shape index (κ2) is 9.31. The third-order valence-corrected chi connectivity index (χ3v) is 2.28. The molecule has 1 aromatic carbocycles. The van der Waals surface area contributed by atoms with Crippen LogP contribution in [0.5, 0.6) is 0 Å². The highest BCUT2D eigenvalue weighted by atomic mass is 19.1. The van der Waals surface area contributed by atoms with Crippen LogP contribution < -0.4 is 5.32 Å². The maximum absolute atomic E-state index is 11.7. The van der Waals surface area contributed by atoms with Crippen LogP contribution in [0.4, 0.5) is 4.39 Å². The predicted octanol–water partition coefficient (Wildman–Crippen LogP) is 2.54. The molecule has 0 radical (unpaired) electrons. The summed E-state index contributed by atoms with van der Waals surface area (Å²) in [7, 11) is 0. The van der Waals surface area contributed by atoms with E-state index in [2.05, 4.69) is 17.4 Å². The van der Waals surface area contributed by atoms with E-state index in [1.807, 2.05) is 18.2 Å². The van der Waals surface area contributed by atoms with E-state index < -0.39 is 0 Å². The van der Waals surface area contributed by atoms with Crippen LogP contribution in [-0.4, -0.2) is 26.4 Å². The molecule has 0 aliphatic rings. The molecule has 0 saturated heterocycles. The van der Waals surface area contributed by atoms with Crippen molar-refractivity contribution in [2.45, 2.75) is 19.4 Å². The molecule has 1 aromatic rings. The van der Waals surface area contributed by atoms with E-state index in [-0.39, 0.29) is 6.67 Å². The van der Waals surface area contributed by atoms with E-state index in [4.69, 9.17) is 4.74 Å². The van der Waals surface area contributed by atoms with Gasteiger partial charge in [-0.3, -0.25) is 0 Å². The quantitative estimate of drug-likeness (QED) is 0.652. The Kier molecular flexibility index (Phi) is 7.64. The Labute approximate surface area is 96.8 Å². The molecule has 0 fully saturated rings. The minimum Gasteiger partial charge on any atom is -0.377 e. The molecule has 0 aliphatic heterocycles. The summed E-state index contributed by atoms with van der Waals surface area (Å²) in [5, 5.41) is 3.01. The first-order chi connectivity index (χ1) is 7.93. The highest BCUT2D eigenvalue weighted by Gasteiger charge is 1.92. The normalized spacial score (nSPS) is 10.6. The van der Waals surface area contributed by atoms with Crippen molar-refractivity contribution in [3.8, 4) is 0 Å². The van der Waals surface area contributed by atoms with Crippen LogP contribution in [-0.2, 0) is 11.3 Å². The second-order valence-corrected chi connectivity index (χ2v) is 3.68. The molecule has 0 atom stereocenters. The molecule has 1 rings (SSSR count). The zero-order valence-electron chi connectivity index (χ0n) is 9.62. The fraction of sp³-hybridized carbons (Fsp3) is 0.538. The summed E-state index contributed by atoms with van der Waals surface area (Å²) >= 11 is 0. The number of benzene rings is 1. The van der Waals surface area contributed by atoms with E-state index in [9.17, 15) is 4.39 Å². The van der Waals surface area contributed by atoms with Gasteiger partial charge in [-0.2, -0.15) is 0 Å². The lowest BCUT2D eigenvalue weighted by Gasteiger charge is -2.04. The number of hydrogen-bond acceptors (Lipinski definition) is 2. The molecule has 0 saturated carbocycles. The zero-order chi connectivity index (χ0) is 11.5. The van der Waals surface area contributed by atoms with Crippen molar-refractivity contribution in [2.24, 2.45) is 0 Å². The number of rotatable bonds is 9. The predicted molar refractivity (Wildman–Crippen MR) is 64.2 cm³/mol. The minimum absolute atomic E-state index is 0.287. The van der Waals surface area contributed by atoms with Crippen LogP contribution in [0, 0.1) is 0 Å². The van der Waals surface area contributed by atoms with E-state index in [0.717, 1.165) is 26.0 Å². The highest BCUT2D eigenvalue weighted by molar-refractivity contribution is 5.13. The number of halogens is 1. The van der Waals surface area contributed by atoms with Crippen molar-refractivity contribution in [3.05, 3.63) is 35.9 Å². The average Bonchev–Trinajstić information content (AvgIpc) is 2.34. The first-order valence-electron chi connectivity index (χ1n) is 5.82. The van der Waals surface area contributed by atoms with Gasteiger partial charge in [0.05, 0.1) is 6.61 Å². The van der Waals surface area contributed by atoms with Crippen molar-refractivity contribution >= 4 is 0 Å². The third kappa shape index (κ3) is 6.53. The van der Waals surface area contributed by atoms with E-state index in [1.54, 1.807) is 0 Å². The van der Waals surface area contributed by atoms with Gasteiger partial charge in [-0.25, -0.2) is 4.39 Å². The van der Waals surface area contributed by atoms with Crippen LogP contribution in [0.2, 0.25) is 0 Å². The number of nitrogens with one attached hydrogen (secondary N) is 1. The molecule has 0 spiro atoms. The van der Waals surface area contributed by atoms with Crippen molar-refractivity contribution < 1.29 is 9.13 Å². The molecule has 0 unspecified atom stereocenters. The fourth-order valence-corrected chi connectivity index (χ4v) is 1.41. The minimum atomic E-state index is -0.287. The van der Waals surface area contributed by atoms with Gasteiger partial charge < -0.3 is 10.1 Å². The van der Waals surface area contributed by atoms with Crippen LogP contribution in [0.3, 0.4) is 0 Å². The first kappa shape index (κ1) is 13.1. The Morgan fingerprint density at radius 1 is 1.06 bits per heavy atom. The number of hydrogen-bond donors (Lipinski definition) is 1. The molecule has 16 heavy (non-hydrogen) atoms. The maximum atomic E-state index is 11.7. The Hall–Kier alpha value is -0.930. The van der Waals surface area contributed by atoms with Gasteiger partial charge in [-0.05, 0) is 24.9 Å². The Bertz CT molecular complexity index is 253. The molecule has 90 valence electrons. The van der Waals surface area contributed by atoms with Crippen LogP contribution >= 0.6 is 0 Å². The molecular formula is C13H20FNO. The SMILES string of the molecule is FCCNCCCCOCc1ccccc1. The van der Waals surface area contributed by atoms with Crippen LogP contribution in [0.25, 0.3) is 0 Å². The van der Waals surface area contributed by atoms with Crippen molar-refractivity contribution in [1.82, 2.24) is 5.32 Å². The van der Waals surface area contributed by atoms with Gasteiger partial charge in [0.2, 0.25) is 0 Å². The zero-order valence-corrected chi connectivity index (χ0v) is 9.62. The largest absolute Gasteiger partial charge is 0.377 e. The molecule has 1 N–H and O–H groups in total. The average molecular weight is 225 g/mol. The van der Waals surface area contributed by atoms with Gasteiger partial charge in [0.15, 0.2) is 0 Å². The molecule has 0 bridgehead atoms. The van der Waals surface area contributed by atoms with Crippen molar-refractivity contribution in [3.63, 3.8) is 0 Å². The standard InChI is InChI=1S/C13H20FNO/c14-8-10-15-9-4-5-11-16-12-13-6-2-1-3-7-13/h1-3,6-7,15H,4-5,8-12H2. The summed E-state index contributed by atoms with van der Waals surface area (Å²) < 4.78 is 17.2. The monoisotopic (exact) mass is 225 g/mol. The topological polar surface area (TPSA) is 21.3 Å². The third-order valence-electron chi connectivity index (χ3n) is 2.28. The van der Waals surface area contributed by atoms with Gasteiger partial charge in [-0.15, -0.1) is 0 Å². The second-order valence-electron chi connectivity index (χ2n) is 3.68. The van der Waals surface area contributed by atoms with Gasteiger partial charge in [0.25, 0.3) is 0 Å². The molecular weight excluding hydrogens is 205 g/mol. The summed E-state index contributed by atoms with van der Waals surface area (Å²) in [5.74, 6) is 0. The lowest BCUT2D eigenvalue weighted by atomic mass is 10.2. The Morgan fingerprint density at radius 3 is 2.62 bits per heavy atom. The van der Waals surface area contributed by atoms with Crippen molar-refractivity contribution in [1.29, 1.82) is 0 Å². The van der Waals surface area contributed by atoms with Gasteiger partial charge >= 0.3 is 0 Å². The van der Waals surface area contributed by atoms with E-state index in [0.29, 0.717) is 13.2 Å². The first-order valence-corrected chi connectivity index (χ1v) is 5.82. The highest BCUT2D eigenvalue weighted by Crippen LogP contribution is 2.01. The molecule has 0 aromatic heterocycles. The summed E-state index contributed by atoms with van der Waals surface area (Å²) in [6, 6.07) is 10.1. The smallest absolute Gasteiger partial charge is 0.102 e. The molecule has 2 nitrogen and oxygen atoms in total. The van der Waals surface area contributed by atoms with Gasteiger partial charge in [0, 0.05) is 13.2 Å². The maximum Gasteiger partial charge on any atom is 0.102 e.